The molecule has 27 heavy (non-hydrogen) atoms. The van der Waals surface area contributed by atoms with Crippen LogP contribution in [-0.4, -0.2) is 96.9 Å². The van der Waals surface area contributed by atoms with Gasteiger partial charge in [0.2, 0.25) is 11.8 Å². The number of likely N-dealkylation sites (N-methyl/N-ethyl adjacent to an activating group) is 1. The molecule has 0 aliphatic carbocycles. The standard InChI is InChI=1S/C21H38N4O2/c1-3-23(21(27)17-25-11-5-4-6-20(25)26)16-18-7-14-24(15-8-18)19-9-12-22(2)13-10-19/h18-19H,3-17H2,1-2H3. The minimum Gasteiger partial charge on any atom is -0.341 e. The highest BCUT2D eigenvalue weighted by Gasteiger charge is 2.29. The monoisotopic (exact) mass is 378 g/mol. The Morgan fingerprint density at radius 1 is 1.04 bits per heavy atom. The SMILES string of the molecule is CCN(CC1CCN(C2CCN(C)CC2)CC1)C(=O)CN1CCCCC1=O. The summed E-state index contributed by atoms with van der Waals surface area (Å²) >= 11 is 0. The van der Waals surface area contributed by atoms with E-state index in [0.29, 0.717) is 12.3 Å². The Hall–Kier alpha value is -1.14. The molecule has 0 N–H and O–H groups in total. The molecule has 0 atom stereocenters. The Morgan fingerprint density at radius 2 is 1.74 bits per heavy atom. The number of carbonyl (C=O) groups excluding carboxylic acids is 2. The van der Waals surface area contributed by atoms with Crippen LogP contribution in [0, 0.1) is 5.92 Å². The first-order valence-corrected chi connectivity index (χ1v) is 11.0. The molecule has 0 aromatic rings. The highest BCUT2D eigenvalue weighted by Crippen LogP contribution is 2.24. The van der Waals surface area contributed by atoms with Crippen molar-refractivity contribution in [2.24, 2.45) is 5.92 Å². The number of piperidine rings is 3. The molecule has 0 bridgehead atoms. The fourth-order valence-corrected chi connectivity index (χ4v) is 4.87. The smallest absolute Gasteiger partial charge is 0.242 e. The average molecular weight is 379 g/mol. The number of amides is 2. The molecule has 0 spiro atoms. The van der Waals surface area contributed by atoms with Crippen molar-refractivity contribution in [2.45, 2.75) is 57.9 Å². The Kier molecular flexibility index (Phi) is 7.53. The lowest BCUT2D eigenvalue weighted by molar-refractivity contribution is -0.142. The number of nitrogens with zero attached hydrogens (tertiary/aromatic N) is 4. The van der Waals surface area contributed by atoms with Crippen LogP contribution in [0.2, 0.25) is 0 Å². The van der Waals surface area contributed by atoms with Crippen LogP contribution in [0.15, 0.2) is 0 Å². The summed E-state index contributed by atoms with van der Waals surface area (Å²) < 4.78 is 0. The summed E-state index contributed by atoms with van der Waals surface area (Å²) in [6, 6.07) is 0.760. The molecule has 0 aromatic heterocycles. The minimum absolute atomic E-state index is 0.130. The van der Waals surface area contributed by atoms with E-state index < -0.39 is 0 Å². The first kappa shape index (κ1) is 20.6. The van der Waals surface area contributed by atoms with Crippen molar-refractivity contribution in [1.82, 2.24) is 19.6 Å². The Morgan fingerprint density at radius 3 is 2.37 bits per heavy atom. The van der Waals surface area contributed by atoms with E-state index in [9.17, 15) is 9.59 Å². The lowest BCUT2D eigenvalue weighted by Crippen LogP contribution is -2.49. The first-order chi connectivity index (χ1) is 13.1. The second-order valence-corrected chi connectivity index (χ2v) is 8.72. The van der Waals surface area contributed by atoms with Gasteiger partial charge in [0.1, 0.15) is 0 Å². The van der Waals surface area contributed by atoms with Gasteiger partial charge in [-0.3, -0.25) is 9.59 Å². The van der Waals surface area contributed by atoms with Crippen molar-refractivity contribution in [1.29, 1.82) is 0 Å². The van der Waals surface area contributed by atoms with Crippen LogP contribution in [0.4, 0.5) is 0 Å². The van der Waals surface area contributed by atoms with Gasteiger partial charge in [0.15, 0.2) is 0 Å². The largest absolute Gasteiger partial charge is 0.341 e. The number of hydrogen-bond acceptors (Lipinski definition) is 4. The summed E-state index contributed by atoms with van der Waals surface area (Å²) in [6.45, 7) is 9.48. The van der Waals surface area contributed by atoms with Crippen molar-refractivity contribution >= 4 is 11.8 Å². The van der Waals surface area contributed by atoms with Gasteiger partial charge in [-0.2, -0.15) is 0 Å². The maximum atomic E-state index is 12.7. The third kappa shape index (κ3) is 5.67. The van der Waals surface area contributed by atoms with E-state index in [2.05, 4.69) is 23.8 Å². The van der Waals surface area contributed by atoms with Crippen LogP contribution < -0.4 is 0 Å². The molecule has 154 valence electrons. The van der Waals surface area contributed by atoms with Crippen LogP contribution in [0.25, 0.3) is 0 Å². The van der Waals surface area contributed by atoms with Gasteiger partial charge in [-0.15, -0.1) is 0 Å². The van der Waals surface area contributed by atoms with Crippen molar-refractivity contribution in [3.8, 4) is 0 Å². The number of likely N-dealkylation sites (tertiary alicyclic amines) is 3. The minimum atomic E-state index is 0.130. The van der Waals surface area contributed by atoms with Gasteiger partial charge in [-0.25, -0.2) is 0 Å². The van der Waals surface area contributed by atoms with Crippen LogP contribution in [0.1, 0.15) is 51.9 Å². The first-order valence-electron chi connectivity index (χ1n) is 11.0. The lowest BCUT2D eigenvalue weighted by Gasteiger charge is -2.42. The molecule has 0 unspecified atom stereocenters. The quantitative estimate of drug-likeness (QED) is 0.705. The van der Waals surface area contributed by atoms with E-state index in [1.165, 1.54) is 51.9 Å². The molecule has 2 amide bonds. The maximum absolute atomic E-state index is 12.7. The maximum Gasteiger partial charge on any atom is 0.242 e. The zero-order valence-corrected chi connectivity index (χ0v) is 17.4. The number of carbonyl (C=O) groups is 2. The van der Waals surface area contributed by atoms with Crippen molar-refractivity contribution in [3.63, 3.8) is 0 Å². The van der Waals surface area contributed by atoms with Crippen LogP contribution in [0.5, 0.6) is 0 Å². The molecule has 3 saturated heterocycles. The Bertz CT molecular complexity index is 496. The molecule has 3 heterocycles. The van der Waals surface area contributed by atoms with Crippen LogP contribution >= 0.6 is 0 Å². The van der Waals surface area contributed by atoms with Gasteiger partial charge in [0.25, 0.3) is 0 Å². The fraction of sp³-hybridized carbons (Fsp3) is 0.905. The zero-order chi connectivity index (χ0) is 19.2. The van der Waals surface area contributed by atoms with Crippen molar-refractivity contribution < 1.29 is 9.59 Å². The Labute approximate surface area is 164 Å². The van der Waals surface area contributed by atoms with Crippen LogP contribution in [-0.2, 0) is 9.59 Å². The zero-order valence-electron chi connectivity index (χ0n) is 17.4. The highest BCUT2D eigenvalue weighted by molar-refractivity contribution is 5.85. The molecular formula is C21H38N4O2. The van der Waals surface area contributed by atoms with E-state index in [-0.39, 0.29) is 18.4 Å². The van der Waals surface area contributed by atoms with Crippen molar-refractivity contribution in [2.75, 3.05) is 59.4 Å². The molecule has 0 aromatic carbocycles. The van der Waals surface area contributed by atoms with Crippen LogP contribution in [0.3, 0.4) is 0 Å². The summed E-state index contributed by atoms with van der Waals surface area (Å²) in [6.07, 6.45) is 7.58. The van der Waals surface area contributed by atoms with E-state index in [1.54, 1.807) is 4.90 Å². The third-order valence-electron chi connectivity index (χ3n) is 6.81. The molecular weight excluding hydrogens is 340 g/mol. The number of hydrogen-bond donors (Lipinski definition) is 0. The molecule has 3 fully saturated rings. The van der Waals surface area contributed by atoms with E-state index in [4.69, 9.17) is 0 Å². The molecule has 6 heteroatoms. The lowest BCUT2D eigenvalue weighted by atomic mass is 9.93. The fourth-order valence-electron chi connectivity index (χ4n) is 4.87. The van der Waals surface area contributed by atoms with E-state index in [0.717, 1.165) is 38.5 Å². The molecule has 0 saturated carbocycles. The van der Waals surface area contributed by atoms with Gasteiger partial charge in [0, 0.05) is 32.1 Å². The Balaban J connectivity index is 1.42. The predicted octanol–water partition coefficient (Wildman–Crippen LogP) is 1.65. The van der Waals surface area contributed by atoms with Gasteiger partial charge >= 0.3 is 0 Å². The molecule has 0 radical (unpaired) electrons. The summed E-state index contributed by atoms with van der Waals surface area (Å²) in [5.41, 5.74) is 0. The molecule has 3 aliphatic heterocycles. The average Bonchev–Trinajstić information content (AvgIpc) is 2.69. The number of rotatable bonds is 6. The normalized spacial score (nSPS) is 24.4. The highest BCUT2D eigenvalue weighted by atomic mass is 16.2. The second kappa shape index (κ2) is 9.87. The summed E-state index contributed by atoms with van der Waals surface area (Å²) in [4.78, 5) is 33.6. The molecule has 3 aliphatic rings. The van der Waals surface area contributed by atoms with E-state index >= 15 is 0 Å². The summed E-state index contributed by atoms with van der Waals surface area (Å²) in [5.74, 6) is 0.885. The molecule has 6 nitrogen and oxygen atoms in total. The summed E-state index contributed by atoms with van der Waals surface area (Å²) in [5, 5.41) is 0. The van der Waals surface area contributed by atoms with Gasteiger partial charge in [-0.05, 0) is 84.6 Å². The third-order valence-corrected chi connectivity index (χ3v) is 6.81. The predicted molar refractivity (Wildman–Crippen MR) is 108 cm³/mol. The van der Waals surface area contributed by atoms with Gasteiger partial charge in [0.05, 0.1) is 6.54 Å². The van der Waals surface area contributed by atoms with Crippen molar-refractivity contribution in [3.05, 3.63) is 0 Å². The van der Waals surface area contributed by atoms with Gasteiger partial charge in [-0.1, -0.05) is 0 Å². The molecule has 3 rings (SSSR count). The summed E-state index contributed by atoms with van der Waals surface area (Å²) in [7, 11) is 2.22. The van der Waals surface area contributed by atoms with Gasteiger partial charge < -0.3 is 19.6 Å². The second-order valence-electron chi connectivity index (χ2n) is 8.72. The van der Waals surface area contributed by atoms with E-state index in [1.807, 2.05) is 4.90 Å². The topological polar surface area (TPSA) is 47.1 Å².